The molecule has 0 saturated heterocycles. The summed E-state index contributed by atoms with van der Waals surface area (Å²) in [6, 6.07) is 0. The quantitative estimate of drug-likeness (QED) is 0.665. The topological polar surface area (TPSA) is 52.5 Å². The van der Waals surface area contributed by atoms with E-state index in [1.165, 1.54) is 0 Å². The number of nitrogens with one attached hydrogen (secondary N) is 1. The molecule has 0 aliphatic carbocycles. The second kappa shape index (κ2) is 4.17. The molecule has 0 atom stereocenters. The summed E-state index contributed by atoms with van der Waals surface area (Å²) in [4.78, 5) is 0. The first-order chi connectivity index (χ1) is 6.50. The molecule has 0 fully saturated rings. The lowest BCUT2D eigenvalue weighted by Crippen LogP contribution is -2.09. The van der Waals surface area contributed by atoms with Crippen molar-refractivity contribution in [3.8, 4) is 5.75 Å². The molecule has 0 aromatic heterocycles. The first-order valence-corrected chi connectivity index (χ1v) is 4.72. The molecule has 0 spiro atoms. The minimum absolute atomic E-state index is 0.193. The van der Waals surface area contributed by atoms with Gasteiger partial charge >= 0.3 is 0 Å². The Balaban J connectivity index is 3.43. The van der Waals surface area contributed by atoms with Crippen molar-refractivity contribution in [3.05, 3.63) is 27.3 Å². The molecular formula is C10H14ClNO2. The van der Waals surface area contributed by atoms with Gasteiger partial charge in [0.15, 0.2) is 0 Å². The Kier molecular flexibility index (Phi) is 3.37. The maximum Gasteiger partial charge on any atom is 0.123 e. The molecule has 0 bridgehead atoms. The van der Waals surface area contributed by atoms with Gasteiger partial charge in [0.1, 0.15) is 5.75 Å². The number of hydroxylamine groups is 1. The minimum Gasteiger partial charge on any atom is -0.507 e. The number of phenolic OH excluding ortho intramolecular Hbond substituents is 1. The smallest absolute Gasteiger partial charge is 0.123 e. The fourth-order valence-electron chi connectivity index (χ4n) is 1.46. The molecule has 1 aromatic carbocycles. The van der Waals surface area contributed by atoms with Crippen molar-refractivity contribution in [2.24, 2.45) is 0 Å². The van der Waals surface area contributed by atoms with Gasteiger partial charge in [0.2, 0.25) is 0 Å². The number of halogens is 1. The summed E-state index contributed by atoms with van der Waals surface area (Å²) in [7, 11) is 0. The molecule has 4 heteroatoms. The fraction of sp³-hybridized carbons (Fsp3) is 0.400. The largest absolute Gasteiger partial charge is 0.507 e. The van der Waals surface area contributed by atoms with E-state index in [2.05, 4.69) is 0 Å². The van der Waals surface area contributed by atoms with Crippen LogP contribution in [0.5, 0.6) is 5.75 Å². The summed E-state index contributed by atoms with van der Waals surface area (Å²) >= 11 is 6.08. The standard InChI is InChI=1S/C10H14ClNO2/c1-5-6(2)10(13)8(4-12-14)7(3)9(5)11/h12-14H,4H2,1-3H3. The van der Waals surface area contributed by atoms with Crippen LogP contribution in [0.3, 0.4) is 0 Å². The molecule has 0 unspecified atom stereocenters. The minimum atomic E-state index is 0.193. The van der Waals surface area contributed by atoms with Gasteiger partial charge in [0.05, 0.1) is 0 Å². The van der Waals surface area contributed by atoms with Gasteiger partial charge in [-0.3, -0.25) is 0 Å². The lowest BCUT2D eigenvalue weighted by atomic mass is 9.99. The highest BCUT2D eigenvalue weighted by atomic mass is 35.5. The number of benzene rings is 1. The molecule has 0 radical (unpaired) electrons. The molecule has 0 saturated carbocycles. The first kappa shape index (κ1) is 11.3. The Morgan fingerprint density at radius 1 is 1.14 bits per heavy atom. The highest BCUT2D eigenvalue weighted by molar-refractivity contribution is 6.32. The van der Waals surface area contributed by atoms with E-state index in [0.717, 1.165) is 16.7 Å². The summed E-state index contributed by atoms with van der Waals surface area (Å²) in [5.41, 5.74) is 5.09. The van der Waals surface area contributed by atoms with E-state index in [1.807, 2.05) is 19.3 Å². The van der Waals surface area contributed by atoms with Crippen molar-refractivity contribution in [1.82, 2.24) is 5.48 Å². The Morgan fingerprint density at radius 3 is 2.21 bits per heavy atom. The van der Waals surface area contributed by atoms with Crippen molar-refractivity contribution in [1.29, 1.82) is 0 Å². The molecule has 0 heterocycles. The third-order valence-electron chi connectivity index (χ3n) is 2.57. The van der Waals surface area contributed by atoms with Crippen molar-refractivity contribution < 1.29 is 10.3 Å². The predicted octanol–water partition coefficient (Wildman–Crippen LogP) is 2.45. The van der Waals surface area contributed by atoms with Crippen LogP contribution in [-0.2, 0) is 6.54 Å². The molecule has 14 heavy (non-hydrogen) atoms. The second-order valence-corrected chi connectivity index (χ2v) is 3.73. The van der Waals surface area contributed by atoms with Gasteiger partial charge in [-0.05, 0) is 37.5 Å². The van der Waals surface area contributed by atoms with Crippen LogP contribution in [0.4, 0.5) is 0 Å². The van der Waals surface area contributed by atoms with E-state index in [4.69, 9.17) is 16.8 Å². The van der Waals surface area contributed by atoms with Crippen LogP contribution in [0, 0.1) is 20.8 Å². The van der Waals surface area contributed by atoms with Crippen LogP contribution < -0.4 is 5.48 Å². The zero-order chi connectivity index (χ0) is 10.9. The average molecular weight is 216 g/mol. The Bertz CT molecular complexity index is 335. The Labute approximate surface area is 88.3 Å². The normalized spacial score (nSPS) is 10.6. The van der Waals surface area contributed by atoms with Gasteiger partial charge in [-0.2, -0.15) is 0 Å². The Morgan fingerprint density at radius 2 is 1.71 bits per heavy atom. The zero-order valence-electron chi connectivity index (χ0n) is 8.48. The highest BCUT2D eigenvalue weighted by Gasteiger charge is 2.14. The molecule has 3 N–H and O–H groups in total. The molecule has 3 nitrogen and oxygen atoms in total. The summed E-state index contributed by atoms with van der Waals surface area (Å²) in [6.45, 7) is 5.68. The molecule has 0 aliphatic heterocycles. The summed E-state index contributed by atoms with van der Waals surface area (Å²) in [5, 5.41) is 19.1. The van der Waals surface area contributed by atoms with E-state index in [-0.39, 0.29) is 12.3 Å². The monoisotopic (exact) mass is 215 g/mol. The summed E-state index contributed by atoms with van der Waals surface area (Å²) < 4.78 is 0. The number of aromatic hydroxyl groups is 1. The molecule has 1 rings (SSSR count). The van der Waals surface area contributed by atoms with Crippen LogP contribution >= 0.6 is 11.6 Å². The van der Waals surface area contributed by atoms with Crippen LogP contribution in [-0.4, -0.2) is 10.3 Å². The number of hydrogen-bond acceptors (Lipinski definition) is 3. The van der Waals surface area contributed by atoms with Crippen LogP contribution in [0.25, 0.3) is 0 Å². The van der Waals surface area contributed by atoms with Crippen molar-refractivity contribution >= 4 is 11.6 Å². The Hall–Kier alpha value is -0.770. The molecule has 0 amide bonds. The number of phenols is 1. The molecular weight excluding hydrogens is 202 g/mol. The van der Waals surface area contributed by atoms with Gasteiger partial charge in [0, 0.05) is 17.1 Å². The number of hydrogen-bond donors (Lipinski definition) is 3. The van der Waals surface area contributed by atoms with Crippen LogP contribution in [0.15, 0.2) is 0 Å². The van der Waals surface area contributed by atoms with E-state index in [9.17, 15) is 5.11 Å². The van der Waals surface area contributed by atoms with Gasteiger partial charge in [-0.1, -0.05) is 11.6 Å². The fourth-order valence-corrected chi connectivity index (χ4v) is 1.71. The number of rotatable bonds is 2. The van der Waals surface area contributed by atoms with Crippen molar-refractivity contribution in [3.63, 3.8) is 0 Å². The maximum absolute atomic E-state index is 9.81. The third kappa shape index (κ3) is 1.71. The maximum atomic E-state index is 9.81. The second-order valence-electron chi connectivity index (χ2n) is 3.35. The van der Waals surface area contributed by atoms with Gasteiger partial charge in [-0.25, -0.2) is 5.48 Å². The molecule has 1 aromatic rings. The first-order valence-electron chi connectivity index (χ1n) is 4.34. The van der Waals surface area contributed by atoms with Crippen molar-refractivity contribution in [2.75, 3.05) is 0 Å². The van der Waals surface area contributed by atoms with E-state index >= 15 is 0 Å². The van der Waals surface area contributed by atoms with E-state index in [0.29, 0.717) is 10.6 Å². The zero-order valence-corrected chi connectivity index (χ0v) is 9.24. The predicted molar refractivity (Wildman–Crippen MR) is 56.0 cm³/mol. The van der Waals surface area contributed by atoms with Crippen molar-refractivity contribution in [2.45, 2.75) is 27.3 Å². The van der Waals surface area contributed by atoms with E-state index in [1.54, 1.807) is 6.92 Å². The SMILES string of the molecule is Cc1c(C)c(Cl)c(C)c(CNO)c1O. The molecule has 78 valence electrons. The van der Waals surface area contributed by atoms with Crippen LogP contribution in [0.1, 0.15) is 22.3 Å². The highest BCUT2D eigenvalue weighted by Crippen LogP contribution is 2.34. The van der Waals surface area contributed by atoms with Crippen LogP contribution in [0.2, 0.25) is 5.02 Å². The average Bonchev–Trinajstić information content (AvgIpc) is 2.19. The van der Waals surface area contributed by atoms with Gasteiger partial charge in [-0.15, -0.1) is 0 Å². The molecule has 0 aliphatic rings. The summed E-state index contributed by atoms with van der Waals surface area (Å²) in [6.07, 6.45) is 0. The van der Waals surface area contributed by atoms with Gasteiger partial charge in [0.25, 0.3) is 0 Å². The lowest BCUT2D eigenvalue weighted by molar-refractivity contribution is 0.160. The lowest BCUT2D eigenvalue weighted by Gasteiger charge is -2.15. The van der Waals surface area contributed by atoms with Gasteiger partial charge < -0.3 is 10.3 Å². The third-order valence-corrected chi connectivity index (χ3v) is 3.14. The summed E-state index contributed by atoms with van der Waals surface area (Å²) in [5.74, 6) is 0.200. The van der Waals surface area contributed by atoms with E-state index < -0.39 is 0 Å².